The quantitative estimate of drug-likeness (QED) is 0.215. The molecule has 0 aromatic rings. The molecule has 0 aromatic heterocycles. The van der Waals surface area contributed by atoms with Gasteiger partial charge in [-0.3, -0.25) is 0 Å². The summed E-state index contributed by atoms with van der Waals surface area (Å²) < 4.78 is 0. The van der Waals surface area contributed by atoms with Crippen LogP contribution < -0.4 is 34.7 Å². The van der Waals surface area contributed by atoms with Crippen LogP contribution in [0.15, 0.2) is 36.0 Å². The molecular formula is C26H37NaO4. The third kappa shape index (κ3) is 19.2. The molecule has 5 heteroatoms. The zero-order chi connectivity index (χ0) is 22.6. The van der Waals surface area contributed by atoms with Crippen molar-refractivity contribution in [2.24, 2.45) is 11.8 Å². The molecule has 1 rings (SSSR count). The molecule has 2 N–H and O–H groups in total. The van der Waals surface area contributed by atoms with E-state index < -0.39 is 5.97 Å². The van der Waals surface area contributed by atoms with E-state index in [0.717, 1.165) is 31.3 Å². The van der Waals surface area contributed by atoms with Gasteiger partial charge in [0, 0.05) is 24.9 Å². The minimum absolute atomic E-state index is 0. The van der Waals surface area contributed by atoms with Crippen LogP contribution in [0.25, 0.3) is 0 Å². The van der Waals surface area contributed by atoms with Crippen LogP contribution in [0.5, 0.6) is 0 Å². The fraction of sp³-hybridized carbons (Fsp3) is 0.577. The summed E-state index contributed by atoms with van der Waals surface area (Å²) in [6, 6.07) is 0. The van der Waals surface area contributed by atoms with Crippen molar-refractivity contribution in [2.75, 3.05) is 6.61 Å². The van der Waals surface area contributed by atoms with Gasteiger partial charge in [-0.2, -0.15) is 0 Å². The van der Waals surface area contributed by atoms with Crippen LogP contribution in [-0.4, -0.2) is 28.9 Å². The van der Waals surface area contributed by atoms with Gasteiger partial charge in [0.15, 0.2) is 0 Å². The third-order valence-electron chi connectivity index (χ3n) is 4.92. The molecule has 1 aliphatic carbocycles. The zero-order valence-corrected chi connectivity index (χ0v) is 21.5. The van der Waals surface area contributed by atoms with Crippen molar-refractivity contribution in [3.8, 4) is 24.2 Å². The molecule has 0 bridgehead atoms. The van der Waals surface area contributed by atoms with E-state index in [1.807, 2.05) is 13.0 Å². The van der Waals surface area contributed by atoms with E-state index in [4.69, 9.17) is 11.5 Å². The molecule has 1 saturated carbocycles. The number of hydrogen-bond donors (Lipinski definition) is 2. The molecule has 4 nitrogen and oxygen atoms in total. The van der Waals surface area contributed by atoms with E-state index >= 15 is 0 Å². The van der Waals surface area contributed by atoms with Crippen LogP contribution in [0.4, 0.5) is 0 Å². The molecule has 0 aliphatic heterocycles. The van der Waals surface area contributed by atoms with Crippen molar-refractivity contribution in [3.05, 3.63) is 36.0 Å². The zero-order valence-electron chi connectivity index (χ0n) is 19.5. The Bertz CT molecular complexity index is 661. The molecule has 0 aromatic carbocycles. The average molecular weight is 437 g/mol. The predicted molar refractivity (Wildman–Crippen MR) is 121 cm³/mol. The van der Waals surface area contributed by atoms with Crippen LogP contribution in [0, 0.1) is 36.0 Å². The summed E-state index contributed by atoms with van der Waals surface area (Å²) in [6.07, 6.45) is 21.6. The first-order valence-electron chi connectivity index (χ1n) is 10.8. The van der Waals surface area contributed by atoms with Crippen molar-refractivity contribution in [1.82, 2.24) is 0 Å². The van der Waals surface area contributed by atoms with Crippen molar-refractivity contribution in [3.63, 3.8) is 0 Å². The smallest absolute Gasteiger partial charge is 0.550 e. The second-order valence-corrected chi connectivity index (χ2v) is 7.61. The third-order valence-corrected chi connectivity index (χ3v) is 4.92. The molecule has 1 fully saturated rings. The maximum absolute atomic E-state index is 10.2. The van der Waals surface area contributed by atoms with E-state index in [1.54, 1.807) is 12.2 Å². The first-order valence-corrected chi connectivity index (χ1v) is 10.8. The summed E-state index contributed by atoms with van der Waals surface area (Å²) >= 11 is 0. The Kier molecular flexibility index (Phi) is 22.6. The van der Waals surface area contributed by atoms with Crippen molar-refractivity contribution in [1.29, 1.82) is 0 Å². The van der Waals surface area contributed by atoms with E-state index in [-0.39, 0.29) is 48.7 Å². The molecule has 0 saturated heterocycles. The summed E-state index contributed by atoms with van der Waals surface area (Å²) in [5.74, 6) is 8.37. The number of terminal acetylenes is 1. The molecule has 2 unspecified atom stereocenters. The average Bonchev–Trinajstić information content (AvgIpc) is 3.11. The number of aliphatic hydroxyl groups is 2. The van der Waals surface area contributed by atoms with Gasteiger partial charge in [0.25, 0.3) is 0 Å². The van der Waals surface area contributed by atoms with Crippen molar-refractivity contribution in [2.45, 2.75) is 77.7 Å². The standard InChI is InChI=1S/C14H22O.C12H16O3.Na/c1-3-4-7-12(2)8-5-9-13-10-6-11-14(13)15;1-2-3-4-6-11(9-10-13)7-5-8-12(14)15;/h5,9,12-15H,6-8,10-11H2,1-2H3;1,3-4,6,13H,5,7-10H2,(H,14,15);/q;;+1/p-1/b9-5+;4-3-,11-6-;/t12?,13?,14-;;/m1../s1. The van der Waals surface area contributed by atoms with E-state index in [9.17, 15) is 15.0 Å². The van der Waals surface area contributed by atoms with Crippen LogP contribution >= 0.6 is 0 Å². The first kappa shape index (κ1) is 31.9. The Balaban J connectivity index is 0. The molecule has 31 heavy (non-hydrogen) atoms. The number of carbonyl (C=O) groups excluding carboxylic acids is 1. The largest absolute Gasteiger partial charge is 1.00 e. The van der Waals surface area contributed by atoms with Gasteiger partial charge in [-0.15, -0.1) is 18.3 Å². The van der Waals surface area contributed by atoms with E-state index in [2.05, 4.69) is 36.8 Å². The van der Waals surface area contributed by atoms with Gasteiger partial charge in [0.2, 0.25) is 0 Å². The summed E-state index contributed by atoms with van der Waals surface area (Å²) in [5, 5.41) is 28.6. The monoisotopic (exact) mass is 436 g/mol. The number of carbonyl (C=O) groups is 1. The number of carboxylic acids is 1. The van der Waals surface area contributed by atoms with Gasteiger partial charge >= 0.3 is 29.6 Å². The van der Waals surface area contributed by atoms with Crippen LogP contribution in [0.1, 0.15) is 71.6 Å². The first-order chi connectivity index (χ1) is 14.4. The van der Waals surface area contributed by atoms with Gasteiger partial charge in [-0.25, -0.2) is 0 Å². The second-order valence-electron chi connectivity index (χ2n) is 7.61. The van der Waals surface area contributed by atoms with Gasteiger partial charge in [0.1, 0.15) is 0 Å². The van der Waals surface area contributed by atoms with Crippen LogP contribution in [0.3, 0.4) is 0 Å². The van der Waals surface area contributed by atoms with Crippen molar-refractivity contribution < 1.29 is 49.7 Å². The van der Waals surface area contributed by atoms with Gasteiger partial charge in [-0.1, -0.05) is 49.1 Å². The molecule has 0 heterocycles. The summed E-state index contributed by atoms with van der Waals surface area (Å²) in [5.41, 5.74) is 0.991. The van der Waals surface area contributed by atoms with Gasteiger partial charge < -0.3 is 20.1 Å². The fourth-order valence-electron chi connectivity index (χ4n) is 3.17. The normalized spacial score (nSPS) is 19.0. The number of allylic oxidation sites excluding steroid dienone is 4. The molecular weight excluding hydrogens is 399 g/mol. The molecule has 166 valence electrons. The number of hydrogen-bond acceptors (Lipinski definition) is 4. The fourth-order valence-corrected chi connectivity index (χ4v) is 3.17. The Morgan fingerprint density at radius 1 is 1.29 bits per heavy atom. The molecule has 0 amide bonds. The van der Waals surface area contributed by atoms with Gasteiger partial charge in [-0.05, 0) is 63.9 Å². The van der Waals surface area contributed by atoms with Crippen LogP contribution in [0.2, 0.25) is 0 Å². The van der Waals surface area contributed by atoms with Crippen LogP contribution in [-0.2, 0) is 4.79 Å². The Labute approximate surface area is 211 Å². The maximum Gasteiger partial charge on any atom is 1.00 e. The number of aliphatic hydroxyl groups excluding tert-OH is 2. The van der Waals surface area contributed by atoms with Crippen molar-refractivity contribution >= 4 is 5.97 Å². The minimum Gasteiger partial charge on any atom is -0.550 e. The summed E-state index contributed by atoms with van der Waals surface area (Å²) in [7, 11) is 0. The van der Waals surface area contributed by atoms with E-state index in [0.29, 0.717) is 31.1 Å². The Morgan fingerprint density at radius 2 is 2.03 bits per heavy atom. The summed E-state index contributed by atoms with van der Waals surface area (Å²) in [6.45, 7) is 4.16. The number of rotatable bonds is 11. The number of aliphatic carboxylic acids is 1. The molecule has 1 aliphatic rings. The molecule has 0 radical (unpaired) electrons. The summed E-state index contributed by atoms with van der Waals surface area (Å²) in [4.78, 5) is 10.2. The second kappa shape index (κ2) is 21.9. The SMILES string of the molecule is C#C/C=C\C=C(/CCO)CCCC(=O)[O-].CC#CCC(C)C/C=C/C1CCC[C@H]1O.[Na+]. The Morgan fingerprint density at radius 3 is 2.58 bits per heavy atom. The maximum atomic E-state index is 10.2. The Hall–Kier alpha value is -1.27. The topological polar surface area (TPSA) is 80.6 Å². The minimum atomic E-state index is -1.04. The predicted octanol–water partition coefficient (Wildman–Crippen LogP) is 0.552. The molecule has 0 spiro atoms. The molecule has 3 atom stereocenters. The van der Waals surface area contributed by atoms with Gasteiger partial charge in [0.05, 0.1) is 6.10 Å². The van der Waals surface area contributed by atoms with E-state index in [1.165, 1.54) is 6.42 Å². The number of carboxylic acid groups (broad SMARTS) is 1.